The number of carbonyl (C=O) groups is 1. The Morgan fingerprint density at radius 1 is 1.37 bits per heavy atom. The predicted molar refractivity (Wildman–Crippen MR) is 61.7 cm³/mol. The van der Waals surface area contributed by atoms with Crippen molar-refractivity contribution in [3.05, 3.63) is 40.7 Å². The number of carbonyl (C=O) groups excluding carboxylic acids is 1. The first-order valence-corrected chi connectivity index (χ1v) is 5.48. The minimum absolute atomic E-state index is 0.0129. The van der Waals surface area contributed by atoms with Gasteiger partial charge >= 0.3 is 12.1 Å². The van der Waals surface area contributed by atoms with E-state index in [1.54, 1.807) is 6.92 Å². The van der Waals surface area contributed by atoms with Crippen LogP contribution in [0.1, 0.15) is 25.0 Å². The highest BCUT2D eigenvalue weighted by Crippen LogP contribution is 2.33. The summed E-state index contributed by atoms with van der Waals surface area (Å²) >= 11 is 0. The van der Waals surface area contributed by atoms with Gasteiger partial charge in [0.2, 0.25) is 0 Å². The molecule has 1 aromatic carbocycles. The monoisotopic (exact) mass is 276 g/mol. The number of halogens is 4. The molecule has 0 bridgehead atoms. The SMILES string of the molecule is CCOC(=O)/C(C)=C/c1ccc(F)cc1C(F)(F)F. The second-order valence-electron chi connectivity index (χ2n) is 3.78. The van der Waals surface area contributed by atoms with Crippen LogP contribution >= 0.6 is 0 Å². The molecular weight excluding hydrogens is 264 g/mol. The van der Waals surface area contributed by atoms with Crippen LogP contribution in [0.2, 0.25) is 0 Å². The molecule has 0 aliphatic heterocycles. The summed E-state index contributed by atoms with van der Waals surface area (Å²) in [5, 5.41) is 0. The molecule has 0 radical (unpaired) electrons. The lowest BCUT2D eigenvalue weighted by molar-refractivity contribution is -0.139. The Balaban J connectivity index is 3.21. The van der Waals surface area contributed by atoms with E-state index in [0.29, 0.717) is 6.07 Å². The maximum atomic E-state index is 12.9. The third kappa shape index (κ3) is 4.08. The van der Waals surface area contributed by atoms with Crippen LogP contribution in [0, 0.1) is 5.82 Å². The van der Waals surface area contributed by atoms with Crippen LogP contribution in [-0.4, -0.2) is 12.6 Å². The van der Waals surface area contributed by atoms with E-state index in [1.165, 1.54) is 6.92 Å². The molecule has 0 amide bonds. The lowest BCUT2D eigenvalue weighted by atomic mass is 10.0. The first-order chi connectivity index (χ1) is 8.75. The average molecular weight is 276 g/mol. The summed E-state index contributed by atoms with van der Waals surface area (Å²) in [7, 11) is 0. The van der Waals surface area contributed by atoms with Crippen molar-refractivity contribution in [3.63, 3.8) is 0 Å². The lowest BCUT2D eigenvalue weighted by Crippen LogP contribution is -2.09. The topological polar surface area (TPSA) is 26.3 Å². The number of hydrogen-bond acceptors (Lipinski definition) is 2. The molecule has 0 heterocycles. The van der Waals surface area contributed by atoms with Crippen molar-refractivity contribution < 1.29 is 27.1 Å². The standard InChI is InChI=1S/C13H12F4O2/c1-3-19-12(18)8(2)6-9-4-5-10(14)7-11(9)13(15,16)17/h4-7H,3H2,1-2H3/b8-6+. The van der Waals surface area contributed by atoms with Gasteiger partial charge in [-0.1, -0.05) is 6.07 Å². The molecule has 0 aliphatic rings. The molecule has 0 saturated heterocycles. The highest BCUT2D eigenvalue weighted by molar-refractivity contribution is 5.93. The summed E-state index contributed by atoms with van der Waals surface area (Å²) in [5.41, 5.74) is -1.39. The van der Waals surface area contributed by atoms with Crippen LogP contribution < -0.4 is 0 Å². The van der Waals surface area contributed by atoms with Gasteiger partial charge in [-0.2, -0.15) is 13.2 Å². The van der Waals surface area contributed by atoms with Crippen molar-refractivity contribution in [2.75, 3.05) is 6.61 Å². The van der Waals surface area contributed by atoms with E-state index >= 15 is 0 Å². The molecule has 6 heteroatoms. The van der Waals surface area contributed by atoms with Gasteiger partial charge in [0, 0.05) is 5.57 Å². The molecule has 0 spiro atoms. The number of benzene rings is 1. The molecule has 1 aromatic rings. The second-order valence-corrected chi connectivity index (χ2v) is 3.78. The van der Waals surface area contributed by atoms with E-state index in [9.17, 15) is 22.4 Å². The van der Waals surface area contributed by atoms with Gasteiger partial charge in [0.15, 0.2) is 0 Å². The first kappa shape index (κ1) is 15.2. The van der Waals surface area contributed by atoms with Gasteiger partial charge in [0.1, 0.15) is 5.82 Å². The minimum atomic E-state index is -4.69. The van der Waals surface area contributed by atoms with E-state index in [4.69, 9.17) is 0 Å². The highest BCUT2D eigenvalue weighted by Gasteiger charge is 2.33. The van der Waals surface area contributed by atoms with Crippen molar-refractivity contribution in [2.45, 2.75) is 20.0 Å². The Morgan fingerprint density at radius 3 is 2.53 bits per heavy atom. The summed E-state index contributed by atoms with van der Waals surface area (Å²) in [6.07, 6.45) is -3.66. The number of hydrogen-bond donors (Lipinski definition) is 0. The Hall–Kier alpha value is -1.85. The average Bonchev–Trinajstić information content (AvgIpc) is 2.30. The van der Waals surface area contributed by atoms with Crippen molar-refractivity contribution in [1.29, 1.82) is 0 Å². The highest BCUT2D eigenvalue weighted by atomic mass is 19.4. The maximum Gasteiger partial charge on any atom is 0.417 e. The van der Waals surface area contributed by atoms with Gasteiger partial charge in [-0.05, 0) is 37.6 Å². The quantitative estimate of drug-likeness (QED) is 0.476. The Labute approximate surface area is 107 Å². The summed E-state index contributed by atoms with van der Waals surface area (Å²) in [6, 6.07) is 2.27. The van der Waals surface area contributed by atoms with Crippen LogP contribution in [0.4, 0.5) is 17.6 Å². The van der Waals surface area contributed by atoms with Crippen molar-refractivity contribution >= 4 is 12.0 Å². The van der Waals surface area contributed by atoms with Gasteiger partial charge in [-0.15, -0.1) is 0 Å². The molecule has 19 heavy (non-hydrogen) atoms. The lowest BCUT2D eigenvalue weighted by Gasteiger charge is -2.11. The molecule has 0 saturated carbocycles. The van der Waals surface area contributed by atoms with E-state index < -0.39 is 23.5 Å². The van der Waals surface area contributed by atoms with Gasteiger partial charge in [0.25, 0.3) is 0 Å². The molecule has 104 valence electrons. The fourth-order valence-electron chi connectivity index (χ4n) is 1.44. The zero-order valence-electron chi connectivity index (χ0n) is 10.3. The summed E-state index contributed by atoms with van der Waals surface area (Å²) in [4.78, 5) is 11.3. The zero-order chi connectivity index (χ0) is 14.6. The number of alkyl halides is 3. The predicted octanol–water partition coefficient (Wildman–Crippen LogP) is 3.81. The summed E-state index contributed by atoms with van der Waals surface area (Å²) in [6.45, 7) is 3.05. The fraction of sp³-hybridized carbons (Fsp3) is 0.308. The van der Waals surface area contributed by atoms with Crippen molar-refractivity contribution in [3.8, 4) is 0 Å². The van der Waals surface area contributed by atoms with Crippen LogP contribution in [0.25, 0.3) is 6.08 Å². The van der Waals surface area contributed by atoms with Gasteiger partial charge < -0.3 is 4.74 Å². The smallest absolute Gasteiger partial charge is 0.417 e. The Kier molecular flexibility index (Phi) is 4.69. The number of rotatable bonds is 3. The zero-order valence-corrected chi connectivity index (χ0v) is 10.3. The molecule has 0 unspecified atom stereocenters. The van der Waals surface area contributed by atoms with Crippen LogP contribution in [0.5, 0.6) is 0 Å². The summed E-state index contributed by atoms with van der Waals surface area (Å²) < 4.78 is 55.7. The van der Waals surface area contributed by atoms with Gasteiger partial charge in [-0.25, -0.2) is 9.18 Å². The van der Waals surface area contributed by atoms with Gasteiger partial charge in [0.05, 0.1) is 12.2 Å². The van der Waals surface area contributed by atoms with Crippen LogP contribution in [-0.2, 0) is 15.7 Å². The van der Waals surface area contributed by atoms with E-state index in [2.05, 4.69) is 4.74 Å². The second kappa shape index (κ2) is 5.86. The molecule has 0 N–H and O–H groups in total. The largest absolute Gasteiger partial charge is 0.463 e. The molecule has 0 aromatic heterocycles. The molecular formula is C13H12F4O2. The van der Waals surface area contributed by atoms with E-state index in [-0.39, 0.29) is 17.7 Å². The molecule has 0 aliphatic carbocycles. The van der Waals surface area contributed by atoms with Crippen molar-refractivity contribution in [1.82, 2.24) is 0 Å². The normalized spacial score (nSPS) is 12.4. The molecule has 0 fully saturated rings. The summed E-state index contributed by atoms with van der Waals surface area (Å²) in [5.74, 6) is -1.70. The molecule has 1 rings (SSSR count). The minimum Gasteiger partial charge on any atom is -0.463 e. The molecule has 2 nitrogen and oxygen atoms in total. The number of esters is 1. The molecule has 0 atom stereocenters. The van der Waals surface area contributed by atoms with Gasteiger partial charge in [-0.3, -0.25) is 0 Å². The third-order valence-electron chi connectivity index (χ3n) is 2.29. The van der Waals surface area contributed by atoms with E-state index in [1.807, 2.05) is 0 Å². The maximum absolute atomic E-state index is 12.9. The van der Waals surface area contributed by atoms with E-state index in [0.717, 1.165) is 18.2 Å². The van der Waals surface area contributed by atoms with Crippen LogP contribution in [0.15, 0.2) is 23.8 Å². The third-order valence-corrected chi connectivity index (χ3v) is 2.29. The number of ether oxygens (including phenoxy) is 1. The Bertz CT molecular complexity index is 504. The first-order valence-electron chi connectivity index (χ1n) is 5.48. The van der Waals surface area contributed by atoms with Crippen LogP contribution in [0.3, 0.4) is 0 Å². The Morgan fingerprint density at radius 2 is 2.00 bits per heavy atom. The van der Waals surface area contributed by atoms with Crippen molar-refractivity contribution in [2.24, 2.45) is 0 Å². The fourth-order valence-corrected chi connectivity index (χ4v) is 1.44.